The molecule has 0 spiro atoms. The maximum atomic E-state index is 6.19. The summed E-state index contributed by atoms with van der Waals surface area (Å²) < 4.78 is 11.9. The molecule has 0 aliphatic carbocycles. The number of rotatable bonds is 8. The minimum absolute atomic E-state index is 0.113. The van der Waals surface area contributed by atoms with E-state index in [-0.39, 0.29) is 11.6 Å². The Labute approximate surface area is 130 Å². The van der Waals surface area contributed by atoms with E-state index in [0.29, 0.717) is 6.61 Å². The van der Waals surface area contributed by atoms with Crippen LogP contribution in [0.2, 0.25) is 0 Å². The molecule has 0 saturated heterocycles. The Bertz CT molecular complexity index is 453. The topological polar surface area (TPSA) is 30.5 Å². The third-order valence-corrected chi connectivity index (χ3v) is 4.67. The van der Waals surface area contributed by atoms with Crippen molar-refractivity contribution >= 4 is 0 Å². The van der Waals surface area contributed by atoms with Gasteiger partial charge in [0.1, 0.15) is 5.75 Å². The molecule has 0 aliphatic heterocycles. The predicted octanol–water partition coefficient (Wildman–Crippen LogP) is 4.17. The number of hydrogen-bond donors (Lipinski definition) is 1. The first-order valence-corrected chi connectivity index (χ1v) is 7.96. The molecule has 120 valence electrons. The average Bonchev–Trinajstić information content (AvgIpc) is 2.50. The molecule has 1 aromatic rings. The first kappa shape index (κ1) is 18.0. The van der Waals surface area contributed by atoms with Crippen molar-refractivity contribution < 1.29 is 9.47 Å². The third kappa shape index (κ3) is 3.41. The molecular formula is C18H31NO2. The van der Waals surface area contributed by atoms with Gasteiger partial charge >= 0.3 is 0 Å². The van der Waals surface area contributed by atoms with Crippen molar-refractivity contribution in [2.45, 2.75) is 59.1 Å². The van der Waals surface area contributed by atoms with Crippen LogP contribution >= 0.6 is 0 Å². The summed E-state index contributed by atoms with van der Waals surface area (Å²) in [7, 11) is 3.75. The largest absolute Gasteiger partial charge is 0.496 e. The van der Waals surface area contributed by atoms with Crippen LogP contribution < -0.4 is 10.1 Å². The SMILES string of the molecule is CCOC(CC)(CC)C(NC)c1ccc(C)c(C)c1OC. The summed E-state index contributed by atoms with van der Waals surface area (Å²) in [5.74, 6) is 0.973. The van der Waals surface area contributed by atoms with E-state index in [1.807, 2.05) is 7.05 Å². The molecule has 1 aromatic carbocycles. The van der Waals surface area contributed by atoms with Gasteiger partial charge < -0.3 is 14.8 Å². The number of benzene rings is 1. The van der Waals surface area contributed by atoms with Crippen LogP contribution in [-0.4, -0.2) is 26.4 Å². The standard InChI is InChI=1S/C18H31NO2/c1-8-18(9-2,21-10-3)17(19-6)15-12-11-13(4)14(5)16(15)20-7/h11-12,17,19H,8-10H2,1-7H3. The van der Waals surface area contributed by atoms with Crippen LogP contribution in [0.4, 0.5) is 0 Å². The van der Waals surface area contributed by atoms with E-state index in [0.717, 1.165) is 18.6 Å². The fraction of sp³-hybridized carbons (Fsp3) is 0.667. The average molecular weight is 293 g/mol. The van der Waals surface area contributed by atoms with Gasteiger partial charge in [0.05, 0.1) is 18.8 Å². The van der Waals surface area contributed by atoms with Crippen molar-refractivity contribution in [2.75, 3.05) is 20.8 Å². The zero-order chi connectivity index (χ0) is 16.0. The number of likely N-dealkylation sites (N-methyl/N-ethyl adjacent to an activating group) is 1. The zero-order valence-electron chi connectivity index (χ0n) is 14.7. The predicted molar refractivity (Wildman–Crippen MR) is 89.2 cm³/mol. The van der Waals surface area contributed by atoms with Gasteiger partial charge in [-0.25, -0.2) is 0 Å². The molecule has 1 unspecified atom stereocenters. The molecule has 0 aromatic heterocycles. The van der Waals surface area contributed by atoms with Crippen molar-refractivity contribution in [3.05, 3.63) is 28.8 Å². The molecule has 1 N–H and O–H groups in total. The van der Waals surface area contributed by atoms with Crippen molar-refractivity contribution in [1.29, 1.82) is 0 Å². The summed E-state index contributed by atoms with van der Waals surface area (Å²) in [6.45, 7) is 11.4. The highest BCUT2D eigenvalue weighted by atomic mass is 16.5. The smallest absolute Gasteiger partial charge is 0.126 e. The van der Waals surface area contributed by atoms with E-state index < -0.39 is 0 Å². The molecular weight excluding hydrogens is 262 g/mol. The van der Waals surface area contributed by atoms with Crippen LogP contribution in [0.5, 0.6) is 5.75 Å². The summed E-state index contributed by atoms with van der Waals surface area (Å²) in [4.78, 5) is 0. The van der Waals surface area contributed by atoms with Crippen molar-refractivity contribution in [1.82, 2.24) is 5.32 Å². The monoisotopic (exact) mass is 293 g/mol. The highest BCUT2D eigenvalue weighted by Crippen LogP contribution is 2.40. The molecule has 0 bridgehead atoms. The van der Waals surface area contributed by atoms with Crippen LogP contribution in [0.3, 0.4) is 0 Å². The van der Waals surface area contributed by atoms with Gasteiger partial charge in [0.2, 0.25) is 0 Å². The Morgan fingerprint density at radius 2 is 1.76 bits per heavy atom. The van der Waals surface area contributed by atoms with Gasteiger partial charge in [0.25, 0.3) is 0 Å². The molecule has 3 heteroatoms. The maximum absolute atomic E-state index is 6.19. The normalized spacial score (nSPS) is 13.3. The first-order valence-electron chi connectivity index (χ1n) is 7.96. The molecule has 0 aliphatic rings. The van der Waals surface area contributed by atoms with Gasteiger partial charge in [-0.1, -0.05) is 26.0 Å². The molecule has 0 heterocycles. The van der Waals surface area contributed by atoms with Gasteiger partial charge in [-0.05, 0) is 51.8 Å². The van der Waals surface area contributed by atoms with Crippen molar-refractivity contribution in [3.63, 3.8) is 0 Å². The number of nitrogens with one attached hydrogen (secondary N) is 1. The van der Waals surface area contributed by atoms with E-state index in [9.17, 15) is 0 Å². The lowest BCUT2D eigenvalue weighted by atomic mass is 9.82. The molecule has 1 atom stereocenters. The van der Waals surface area contributed by atoms with Gasteiger partial charge in [-0.15, -0.1) is 0 Å². The summed E-state index contributed by atoms with van der Waals surface area (Å²) in [6.07, 6.45) is 1.91. The zero-order valence-corrected chi connectivity index (χ0v) is 14.7. The molecule has 0 amide bonds. The number of aryl methyl sites for hydroxylation is 1. The van der Waals surface area contributed by atoms with Gasteiger partial charge in [-0.2, -0.15) is 0 Å². The van der Waals surface area contributed by atoms with E-state index in [4.69, 9.17) is 9.47 Å². The summed E-state index contributed by atoms with van der Waals surface area (Å²) in [6, 6.07) is 4.45. The second-order valence-corrected chi connectivity index (χ2v) is 5.56. The van der Waals surface area contributed by atoms with Crippen molar-refractivity contribution in [3.8, 4) is 5.75 Å². The number of ether oxygens (including phenoxy) is 2. The molecule has 1 rings (SSSR count). The Kier molecular flexibility index (Phi) is 6.69. The Morgan fingerprint density at radius 3 is 2.19 bits per heavy atom. The minimum Gasteiger partial charge on any atom is -0.496 e. The molecule has 0 saturated carbocycles. The van der Waals surface area contributed by atoms with Crippen LogP contribution in [0, 0.1) is 13.8 Å². The maximum Gasteiger partial charge on any atom is 0.126 e. The summed E-state index contributed by atoms with van der Waals surface area (Å²) in [5, 5.41) is 3.46. The molecule has 3 nitrogen and oxygen atoms in total. The van der Waals surface area contributed by atoms with Crippen LogP contribution in [0.25, 0.3) is 0 Å². The van der Waals surface area contributed by atoms with E-state index in [1.165, 1.54) is 16.7 Å². The Hall–Kier alpha value is -1.06. The van der Waals surface area contributed by atoms with Crippen molar-refractivity contribution in [2.24, 2.45) is 0 Å². The lowest BCUT2D eigenvalue weighted by molar-refractivity contribution is -0.0721. The summed E-state index contributed by atoms with van der Waals surface area (Å²) >= 11 is 0. The highest BCUT2D eigenvalue weighted by Gasteiger charge is 2.38. The third-order valence-electron chi connectivity index (χ3n) is 4.67. The van der Waals surface area contributed by atoms with Crippen LogP contribution in [-0.2, 0) is 4.74 Å². The lowest BCUT2D eigenvalue weighted by Crippen LogP contribution is -2.44. The van der Waals surface area contributed by atoms with Crippen LogP contribution in [0.15, 0.2) is 12.1 Å². The van der Waals surface area contributed by atoms with E-state index in [1.54, 1.807) is 7.11 Å². The highest BCUT2D eigenvalue weighted by molar-refractivity contribution is 5.47. The lowest BCUT2D eigenvalue weighted by Gasteiger charge is -2.40. The number of methoxy groups -OCH3 is 1. The second-order valence-electron chi connectivity index (χ2n) is 5.56. The van der Waals surface area contributed by atoms with E-state index >= 15 is 0 Å². The Morgan fingerprint density at radius 1 is 1.14 bits per heavy atom. The van der Waals surface area contributed by atoms with Gasteiger partial charge in [0, 0.05) is 12.2 Å². The summed E-state index contributed by atoms with van der Waals surface area (Å²) in [5.41, 5.74) is 3.42. The van der Waals surface area contributed by atoms with Gasteiger partial charge in [0.15, 0.2) is 0 Å². The fourth-order valence-corrected chi connectivity index (χ4v) is 3.24. The van der Waals surface area contributed by atoms with Gasteiger partial charge in [-0.3, -0.25) is 0 Å². The van der Waals surface area contributed by atoms with Crippen LogP contribution in [0.1, 0.15) is 56.3 Å². The quantitative estimate of drug-likeness (QED) is 0.780. The van der Waals surface area contributed by atoms with E-state index in [2.05, 4.69) is 52.1 Å². The molecule has 21 heavy (non-hydrogen) atoms. The first-order chi connectivity index (χ1) is 10.0. The molecule has 0 radical (unpaired) electrons. The number of hydrogen-bond acceptors (Lipinski definition) is 3. The second kappa shape index (κ2) is 7.81. The fourth-order valence-electron chi connectivity index (χ4n) is 3.24. The minimum atomic E-state index is -0.210. The Balaban J connectivity index is 3.41. The molecule has 0 fully saturated rings.